The van der Waals surface area contributed by atoms with E-state index in [9.17, 15) is 44.7 Å². The lowest BCUT2D eigenvalue weighted by Crippen LogP contribution is -2.74. The Kier molecular flexibility index (Phi) is 7.85. The van der Waals surface area contributed by atoms with Crippen molar-refractivity contribution in [3.8, 4) is 0 Å². The zero-order chi connectivity index (χ0) is 29.9. The minimum Gasteiger partial charge on any atom is -0.459 e. The summed E-state index contributed by atoms with van der Waals surface area (Å²) in [4.78, 5) is 49.6. The third-order valence-electron chi connectivity index (χ3n) is 8.09. The molecule has 3 rings (SSSR count). The van der Waals surface area contributed by atoms with Crippen molar-refractivity contribution < 1.29 is 63.7 Å². The summed E-state index contributed by atoms with van der Waals surface area (Å²) in [5.41, 5.74) is -9.66. The van der Waals surface area contributed by atoms with Gasteiger partial charge in [-0.25, -0.2) is 4.79 Å². The maximum Gasteiger partial charge on any atom is 0.341 e. The van der Waals surface area contributed by atoms with Crippen LogP contribution in [-0.4, -0.2) is 103 Å². The van der Waals surface area contributed by atoms with Crippen molar-refractivity contribution in [3.63, 3.8) is 0 Å². The van der Waals surface area contributed by atoms with Gasteiger partial charge in [0.15, 0.2) is 23.4 Å². The van der Waals surface area contributed by atoms with Gasteiger partial charge in [0.2, 0.25) is 0 Å². The number of hydrogen-bond acceptors (Lipinski definition) is 13. The zero-order valence-corrected chi connectivity index (χ0v) is 22.8. The van der Waals surface area contributed by atoms with Gasteiger partial charge in [-0.3, -0.25) is 14.4 Å². The molecule has 0 aromatic carbocycles. The van der Waals surface area contributed by atoms with E-state index in [2.05, 4.69) is 0 Å². The second-order valence-electron chi connectivity index (χ2n) is 11.1. The van der Waals surface area contributed by atoms with Gasteiger partial charge in [-0.15, -0.1) is 0 Å². The van der Waals surface area contributed by atoms with Gasteiger partial charge in [0.1, 0.15) is 24.4 Å². The van der Waals surface area contributed by atoms with Gasteiger partial charge in [0.05, 0.1) is 5.60 Å². The van der Waals surface area contributed by atoms with Gasteiger partial charge in [-0.05, 0) is 32.4 Å². The number of carbonyl (C=O) groups excluding carboxylic acids is 4. The molecule has 39 heavy (non-hydrogen) atoms. The molecule has 1 fully saturated rings. The largest absolute Gasteiger partial charge is 0.459 e. The van der Waals surface area contributed by atoms with Crippen molar-refractivity contribution in [2.24, 2.45) is 11.3 Å². The first-order chi connectivity index (χ1) is 17.7. The van der Waals surface area contributed by atoms with E-state index in [0.29, 0.717) is 0 Å². The topological polar surface area (TPSA) is 206 Å². The Morgan fingerprint density at radius 3 is 1.92 bits per heavy atom. The maximum atomic E-state index is 12.9. The molecule has 1 aliphatic heterocycles. The third kappa shape index (κ3) is 4.76. The Hall–Kier alpha value is -2.84. The highest BCUT2D eigenvalue weighted by Gasteiger charge is 2.74. The molecule has 3 aliphatic rings. The normalized spacial score (nSPS) is 47.0. The number of ether oxygens (including phenoxy) is 4. The monoisotopic (exact) mass is 556 g/mol. The summed E-state index contributed by atoms with van der Waals surface area (Å²) in [7, 11) is 0. The van der Waals surface area contributed by atoms with Crippen molar-refractivity contribution in [1.82, 2.24) is 0 Å². The van der Waals surface area contributed by atoms with Gasteiger partial charge in [-0.2, -0.15) is 0 Å². The lowest BCUT2D eigenvalue weighted by molar-refractivity contribution is -0.263. The summed E-state index contributed by atoms with van der Waals surface area (Å²) < 4.78 is 21.7. The molecule has 5 N–H and O–H groups in total. The van der Waals surface area contributed by atoms with E-state index in [0.717, 1.165) is 46.8 Å². The molecule has 218 valence electrons. The van der Waals surface area contributed by atoms with Crippen LogP contribution in [-0.2, 0) is 38.1 Å². The Morgan fingerprint density at radius 2 is 1.41 bits per heavy atom. The van der Waals surface area contributed by atoms with Crippen LogP contribution in [0.3, 0.4) is 0 Å². The van der Waals surface area contributed by atoms with Crippen molar-refractivity contribution in [2.75, 3.05) is 0 Å². The molecule has 1 heterocycles. The van der Waals surface area contributed by atoms with Crippen molar-refractivity contribution in [1.29, 1.82) is 0 Å². The quantitative estimate of drug-likeness (QED) is 0.158. The number of aliphatic hydroxyl groups is 5. The van der Waals surface area contributed by atoms with Crippen LogP contribution in [0.4, 0.5) is 0 Å². The van der Waals surface area contributed by atoms with Crippen molar-refractivity contribution in [2.45, 2.75) is 102 Å². The summed E-state index contributed by atoms with van der Waals surface area (Å²) in [6.45, 7) is 7.96. The second-order valence-corrected chi connectivity index (χ2v) is 11.1. The summed E-state index contributed by atoms with van der Waals surface area (Å²) >= 11 is 0. The molecule has 13 heteroatoms. The van der Waals surface area contributed by atoms with E-state index in [-0.39, 0.29) is 5.57 Å². The Morgan fingerprint density at radius 1 is 0.897 bits per heavy atom. The van der Waals surface area contributed by atoms with Gasteiger partial charge >= 0.3 is 23.9 Å². The first-order valence-corrected chi connectivity index (χ1v) is 12.4. The van der Waals surface area contributed by atoms with Gasteiger partial charge < -0.3 is 44.5 Å². The highest BCUT2D eigenvalue weighted by atomic mass is 16.6. The summed E-state index contributed by atoms with van der Waals surface area (Å²) in [6.07, 6.45) is -6.89. The zero-order valence-electron chi connectivity index (χ0n) is 22.8. The van der Waals surface area contributed by atoms with Crippen molar-refractivity contribution in [3.05, 3.63) is 23.8 Å². The van der Waals surface area contributed by atoms with Crippen LogP contribution in [0.2, 0.25) is 0 Å². The minimum atomic E-state index is -2.82. The van der Waals surface area contributed by atoms with E-state index >= 15 is 0 Å². The van der Waals surface area contributed by atoms with Crippen LogP contribution >= 0.6 is 0 Å². The molecule has 0 radical (unpaired) electrons. The molecule has 0 unspecified atom stereocenters. The number of fused-ring (bicyclic) bond motifs is 2. The molecule has 11 atom stereocenters. The highest BCUT2D eigenvalue weighted by molar-refractivity contribution is 5.84. The first kappa shape index (κ1) is 30.7. The number of carbonyl (C=O) groups is 4. The fourth-order valence-electron chi connectivity index (χ4n) is 6.11. The van der Waals surface area contributed by atoms with Crippen LogP contribution < -0.4 is 0 Å². The standard InChI is InChI=1S/C26H36O13/c1-11-10-16-26(35,25(7,34)22(32)39-16)21(38-14(4)29)19-23(5,9-8-15(30)24(19,6)33)20(37-13(3)28)17(31)18(11)36-12(2)27/h8-10,15-21,30-31,33-35H,1-7H3/b11-10-/t15-,16+,17-,18+,19-,20-,21+,23+,24-,25-,26+/m1/s1. The number of hydrogen-bond donors (Lipinski definition) is 5. The third-order valence-corrected chi connectivity index (χ3v) is 8.09. The number of esters is 4. The van der Waals surface area contributed by atoms with Crippen LogP contribution in [0.5, 0.6) is 0 Å². The maximum absolute atomic E-state index is 12.9. The smallest absolute Gasteiger partial charge is 0.341 e. The first-order valence-electron chi connectivity index (χ1n) is 12.4. The summed E-state index contributed by atoms with van der Waals surface area (Å²) in [6, 6.07) is 0. The molecule has 1 saturated heterocycles. The minimum absolute atomic E-state index is 0.0268. The Balaban J connectivity index is 2.51. The number of aliphatic hydroxyl groups excluding tert-OH is 2. The van der Waals surface area contributed by atoms with Gasteiger partial charge in [0.25, 0.3) is 0 Å². The van der Waals surface area contributed by atoms with E-state index < -0.39 is 88.6 Å². The van der Waals surface area contributed by atoms with Gasteiger partial charge in [0, 0.05) is 32.1 Å². The van der Waals surface area contributed by atoms with Gasteiger partial charge in [-0.1, -0.05) is 19.1 Å². The molecule has 2 aliphatic carbocycles. The van der Waals surface area contributed by atoms with E-state index in [4.69, 9.17) is 18.9 Å². The molecular weight excluding hydrogens is 520 g/mol. The fraction of sp³-hybridized carbons (Fsp3) is 0.692. The molecule has 0 aromatic heterocycles. The van der Waals surface area contributed by atoms with Crippen LogP contribution in [0.1, 0.15) is 48.5 Å². The summed E-state index contributed by atoms with van der Waals surface area (Å²) in [5.74, 6) is -5.71. The van der Waals surface area contributed by atoms with Crippen LogP contribution in [0.15, 0.2) is 23.8 Å². The molecule has 0 spiro atoms. The fourth-order valence-corrected chi connectivity index (χ4v) is 6.11. The second kappa shape index (κ2) is 9.97. The molecule has 0 bridgehead atoms. The predicted octanol–water partition coefficient (Wildman–Crippen LogP) is -1.19. The average Bonchev–Trinajstić information content (AvgIpc) is 2.96. The molecular formula is C26H36O13. The molecule has 13 nitrogen and oxygen atoms in total. The molecule has 0 aromatic rings. The predicted molar refractivity (Wildman–Crippen MR) is 129 cm³/mol. The Bertz CT molecular complexity index is 1110. The van der Waals surface area contributed by atoms with E-state index in [1.807, 2.05) is 0 Å². The van der Waals surface area contributed by atoms with Crippen LogP contribution in [0.25, 0.3) is 0 Å². The van der Waals surface area contributed by atoms with E-state index in [1.165, 1.54) is 19.9 Å². The van der Waals surface area contributed by atoms with E-state index in [1.54, 1.807) is 0 Å². The molecule has 0 saturated carbocycles. The SMILES string of the molecule is CC(=O)O[C@@H]1[C@H](O)[C@@H](OC(C)=O)/C(C)=C\[C@@H]2OC(=O)[C@@](C)(O)[C@@]2(O)[C@@H](OC(C)=O)[C@H]2[C@](C)(O)[C@H](O)C=C[C@]12C. The molecule has 0 amide bonds. The highest BCUT2D eigenvalue weighted by Crippen LogP contribution is 2.55. The lowest BCUT2D eigenvalue weighted by Gasteiger charge is -2.57. The van der Waals surface area contributed by atoms with Crippen LogP contribution in [0, 0.1) is 11.3 Å². The lowest BCUT2D eigenvalue weighted by atomic mass is 9.53. The number of rotatable bonds is 3. The van der Waals surface area contributed by atoms with Crippen molar-refractivity contribution >= 4 is 23.9 Å². The Labute approximate surface area is 225 Å². The summed E-state index contributed by atoms with van der Waals surface area (Å²) in [5, 5.41) is 57.6. The average molecular weight is 557 g/mol.